The Balaban J connectivity index is 0.00000264. The molecular formula is C17H27ClN2O3. The van der Waals surface area contributed by atoms with E-state index in [0.29, 0.717) is 6.42 Å². The number of carbonyl (C=O) groups excluding carboxylic acids is 1. The molecule has 0 spiro atoms. The van der Waals surface area contributed by atoms with Gasteiger partial charge in [0.25, 0.3) is 0 Å². The van der Waals surface area contributed by atoms with Gasteiger partial charge in [-0.25, -0.2) is 0 Å². The van der Waals surface area contributed by atoms with Crippen molar-refractivity contribution < 1.29 is 14.3 Å². The predicted octanol–water partition coefficient (Wildman–Crippen LogP) is 2.92. The number of ether oxygens (including phenoxy) is 2. The van der Waals surface area contributed by atoms with Gasteiger partial charge in [0, 0.05) is 30.6 Å². The van der Waals surface area contributed by atoms with Crippen molar-refractivity contribution >= 4 is 18.3 Å². The maximum absolute atomic E-state index is 12.5. The first-order chi connectivity index (χ1) is 10.6. The Morgan fingerprint density at radius 2 is 2.13 bits per heavy atom. The maximum Gasteiger partial charge on any atom is 0.223 e. The number of rotatable bonds is 6. The molecule has 2 N–H and O–H groups in total. The minimum absolute atomic E-state index is 0. The van der Waals surface area contributed by atoms with Gasteiger partial charge in [0.2, 0.25) is 5.91 Å². The van der Waals surface area contributed by atoms with Crippen molar-refractivity contribution in [3.8, 4) is 11.5 Å². The van der Waals surface area contributed by atoms with Gasteiger partial charge < -0.3 is 20.1 Å². The summed E-state index contributed by atoms with van der Waals surface area (Å²) in [5, 5.41) is 0. The second kappa shape index (κ2) is 8.99. The molecule has 1 aliphatic rings. The number of carbonyl (C=O) groups is 1. The van der Waals surface area contributed by atoms with E-state index in [2.05, 4.69) is 0 Å². The fourth-order valence-electron chi connectivity index (χ4n) is 2.98. The van der Waals surface area contributed by atoms with E-state index in [1.54, 1.807) is 14.2 Å². The molecule has 2 unspecified atom stereocenters. The zero-order chi connectivity index (χ0) is 16.1. The van der Waals surface area contributed by atoms with Crippen LogP contribution in [0, 0.1) is 0 Å². The minimum atomic E-state index is 0. The van der Waals surface area contributed by atoms with E-state index >= 15 is 0 Å². The van der Waals surface area contributed by atoms with Gasteiger partial charge >= 0.3 is 0 Å². The number of nitrogens with two attached hydrogens (primary N) is 1. The second-order valence-electron chi connectivity index (χ2n) is 5.87. The van der Waals surface area contributed by atoms with E-state index in [-0.39, 0.29) is 30.4 Å². The number of halogens is 1. The van der Waals surface area contributed by atoms with Crippen molar-refractivity contribution in [1.82, 2.24) is 4.90 Å². The Morgan fingerprint density at radius 1 is 1.39 bits per heavy atom. The molecule has 1 amide bonds. The van der Waals surface area contributed by atoms with Gasteiger partial charge in [0.1, 0.15) is 11.5 Å². The third-order valence-electron chi connectivity index (χ3n) is 4.19. The summed E-state index contributed by atoms with van der Waals surface area (Å²) in [4.78, 5) is 14.4. The predicted molar refractivity (Wildman–Crippen MR) is 93.4 cm³/mol. The SMILES string of the molecule is COc1ccc(C2CCCN2C(=O)CCC(C)N)c(OC)c1.Cl. The van der Waals surface area contributed by atoms with Crippen LogP contribution in [0.4, 0.5) is 0 Å². The van der Waals surface area contributed by atoms with E-state index in [0.717, 1.165) is 42.9 Å². The Bertz CT molecular complexity index is 523. The first-order valence-corrected chi connectivity index (χ1v) is 7.83. The molecule has 2 atom stereocenters. The van der Waals surface area contributed by atoms with Crippen molar-refractivity contribution in [1.29, 1.82) is 0 Å². The third kappa shape index (κ3) is 4.75. The van der Waals surface area contributed by atoms with E-state index in [1.807, 2.05) is 30.0 Å². The summed E-state index contributed by atoms with van der Waals surface area (Å²) in [5.41, 5.74) is 6.81. The smallest absolute Gasteiger partial charge is 0.223 e. The highest BCUT2D eigenvalue weighted by Gasteiger charge is 2.31. The Morgan fingerprint density at radius 3 is 2.74 bits per heavy atom. The van der Waals surface area contributed by atoms with Crippen molar-refractivity contribution in [3.63, 3.8) is 0 Å². The molecule has 0 radical (unpaired) electrons. The normalized spacial score (nSPS) is 18.3. The van der Waals surface area contributed by atoms with Crippen LogP contribution in [-0.4, -0.2) is 37.6 Å². The average Bonchev–Trinajstić information content (AvgIpc) is 3.01. The second-order valence-corrected chi connectivity index (χ2v) is 5.87. The maximum atomic E-state index is 12.5. The van der Waals surface area contributed by atoms with Gasteiger partial charge in [0.05, 0.1) is 20.3 Å². The molecule has 0 aliphatic carbocycles. The number of nitrogens with zero attached hydrogens (tertiary/aromatic N) is 1. The topological polar surface area (TPSA) is 64.8 Å². The van der Waals surface area contributed by atoms with Gasteiger partial charge in [-0.05, 0) is 38.3 Å². The van der Waals surface area contributed by atoms with Gasteiger partial charge in [-0.1, -0.05) is 0 Å². The quantitative estimate of drug-likeness (QED) is 0.863. The first kappa shape index (κ1) is 19.6. The van der Waals surface area contributed by atoms with Crippen molar-refractivity contribution in [3.05, 3.63) is 23.8 Å². The van der Waals surface area contributed by atoms with Crippen molar-refractivity contribution in [2.45, 2.75) is 44.7 Å². The molecule has 2 rings (SSSR count). The molecule has 0 saturated carbocycles. The Kier molecular flexibility index (Phi) is 7.65. The molecule has 23 heavy (non-hydrogen) atoms. The molecule has 0 bridgehead atoms. The monoisotopic (exact) mass is 342 g/mol. The first-order valence-electron chi connectivity index (χ1n) is 7.83. The van der Waals surface area contributed by atoms with Crippen LogP contribution in [0.2, 0.25) is 0 Å². The summed E-state index contributed by atoms with van der Waals surface area (Å²) >= 11 is 0. The van der Waals surface area contributed by atoms with Crippen LogP contribution < -0.4 is 15.2 Å². The molecule has 5 nitrogen and oxygen atoms in total. The van der Waals surface area contributed by atoms with E-state index in [4.69, 9.17) is 15.2 Å². The molecule has 130 valence electrons. The summed E-state index contributed by atoms with van der Waals surface area (Å²) in [6.07, 6.45) is 3.21. The number of benzene rings is 1. The number of hydrogen-bond acceptors (Lipinski definition) is 4. The molecule has 6 heteroatoms. The largest absolute Gasteiger partial charge is 0.497 e. The summed E-state index contributed by atoms with van der Waals surface area (Å²) < 4.78 is 10.7. The summed E-state index contributed by atoms with van der Waals surface area (Å²) in [7, 11) is 3.28. The molecule has 1 fully saturated rings. The highest BCUT2D eigenvalue weighted by Crippen LogP contribution is 2.39. The lowest BCUT2D eigenvalue weighted by Crippen LogP contribution is -2.31. The summed E-state index contributed by atoms with van der Waals surface area (Å²) in [6.45, 7) is 2.74. The molecule has 1 heterocycles. The van der Waals surface area contributed by atoms with E-state index in [1.165, 1.54) is 0 Å². The van der Waals surface area contributed by atoms with Crippen LogP contribution in [0.15, 0.2) is 18.2 Å². The van der Waals surface area contributed by atoms with Gasteiger partial charge in [-0.3, -0.25) is 4.79 Å². The number of amides is 1. The van der Waals surface area contributed by atoms with Gasteiger partial charge in [-0.15, -0.1) is 12.4 Å². The van der Waals surface area contributed by atoms with Crippen molar-refractivity contribution in [2.75, 3.05) is 20.8 Å². The number of likely N-dealkylation sites (tertiary alicyclic amines) is 1. The standard InChI is InChI=1S/C17H26N2O3.ClH/c1-12(18)6-9-17(20)19-10-4-5-15(19)14-8-7-13(21-2)11-16(14)22-3;/h7-8,11-12,15H,4-6,9-10,18H2,1-3H3;1H. The summed E-state index contributed by atoms with van der Waals surface area (Å²) in [5.74, 6) is 1.71. The van der Waals surface area contributed by atoms with Crippen LogP contribution in [0.3, 0.4) is 0 Å². The molecular weight excluding hydrogens is 316 g/mol. The zero-order valence-corrected chi connectivity index (χ0v) is 14.9. The molecule has 1 aromatic rings. The average molecular weight is 343 g/mol. The van der Waals surface area contributed by atoms with Crippen LogP contribution in [0.1, 0.15) is 44.2 Å². The number of hydrogen-bond donors (Lipinski definition) is 1. The highest BCUT2D eigenvalue weighted by molar-refractivity contribution is 5.85. The van der Waals surface area contributed by atoms with Gasteiger partial charge in [0.15, 0.2) is 0 Å². The molecule has 1 aliphatic heterocycles. The Hall–Kier alpha value is -1.46. The van der Waals surface area contributed by atoms with Crippen LogP contribution >= 0.6 is 12.4 Å². The van der Waals surface area contributed by atoms with Crippen LogP contribution in [0.25, 0.3) is 0 Å². The molecule has 1 saturated heterocycles. The lowest BCUT2D eigenvalue weighted by molar-refractivity contribution is -0.132. The molecule has 0 aromatic heterocycles. The minimum Gasteiger partial charge on any atom is -0.497 e. The summed E-state index contributed by atoms with van der Waals surface area (Å²) in [6, 6.07) is 5.93. The van der Waals surface area contributed by atoms with Crippen LogP contribution in [-0.2, 0) is 4.79 Å². The zero-order valence-electron chi connectivity index (χ0n) is 14.1. The lowest BCUT2D eigenvalue weighted by atomic mass is 10.0. The molecule has 1 aromatic carbocycles. The van der Waals surface area contributed by atoms with E-state index in [9.17, 15) is 4.79 Å². The fraction of sp³-hybridized carbons (Fsp3) is 0.588. The third-order valence-corrected chi connectivity index (χ3v) is 4.19. The van der Waals surface area contributed by atoms with E-state index < -0.39 is 0 Å². The highest BCUT2D eigenvalue weighted by atomic mass is 35.5. The van der Waals surface area contributed by atoms with Gasteiger partial charge in [-0.2, -0.15) is 0 Å². The number of methoxy groups -OCH3 is 2. The lowest BCUT2D eigenvalue weighted by Gasteiger charge is -2.27. The fourth-order valence-corrected chi connectivity index (χ4v) is 2.98. The Labute approximate surface area is 144 Å². The van der Waals surface area contributed by atoms with Crippen LogP contribution in [0.5, 0.6) is 11.5 Å². The van der Waals surface area contributed by atoms with Crippen molar-refractivity contribution in [2.24, 2.45) is 5.73 Å².